The van der Waals surface area contributed by atoms with Gasteiger partial charge in [-0.05, 0) is 30.9 Å². The molecule has 0 bridgehead atoms. The second-order valence-electron chi connectivity index (χ2n) is 7.68. The summed E-state index contributed by atoms with van der Waals surface area (Å²) in [6, 6.07) is 8.69. The van der Waals surface area contributed by atoms with Gasteiger partial charge in [0.05, 0.1) is 17.6 Å². The van der Waals surface area contributed by atoms with Gasteiger partial charge in [-0.2, -0.15) is 0 Å². The summed E-state index contributed by atoms with van der Waals surface area (Å²) in [5.74, 6) is 8.01. The maximum Gasteiger partial charge on any atom is 0.147 e. The molecule has 1 aromatic carbocycles. The summed E-state index contributed by atoms with van der Waals surface area (Å²) in [7, 11) is 0. The highest BCUT2D eigenvalue weighted by Crippen LogP contribution is 2.55. The molecule has 3 fully saturated rings. The van der Waals surface area contributed by atoms with E-state index in [1.807, 2.05) is 24.3 Å². The van der Waals surface area contributed by atoms with E-state index in [2.05, 4.69) is 16.8 Å². The Labute approximate surface area is 142 Å². The summed E-state index contributed by atoms with van der Waals surface area (Å²) in [6.07, 6.45) is 5.30. The van der Waals surface area contributed by atoms with Gasteiger partial charge in [0.15, 0.2) is 0 Å². The van der Waals surface area contributed by atoms with Gasteiger partial charge in [0.2, 0.25) is 0 Å². The largest absolute Gasteiger partial charge is 0.364 e. The average Bonchev–Trinajstić information content (AvgIpc) is 3.01. The molecule has 0 radical (unpaired) electrons. The lowest BCUT2D eigenvalue weighted by atomic mass is 9.65. The first-order valence-corrected chi connectivity index (χ1v) is 9.09. The highest BCUT2D eigenvalue weighted by atomic mass is 15.4. The first kappa shape index (κ1) is 14.3. The molecule has 1 spiro atoms. The van der Waals surface area contributed by atoms with Crippen LogP contribution in [0.15, 0.2) is 36.5 Å². The number of imidazole rings is 1. The molecule has 2 aromatic rings. The Morgan fingerprint density at radius 2 is 2.04 bits per heavy atom. The summed E-state index contributed by atoms with van der Waals surface area (Å²) in [4.78, 5) is 7.30. The van der Waals surface area contributed by atoms with E-state index in [9.17, 15) is 0 Å². The molecule has 3 N–H and O–H groups in total. The van der Waals surface area contributed by atoms with Crippen molar-refractivity contribution in [1.29, 1.82) is 0 Å². The average molecular weight is 323 g/mol. The zero-order valence-electron chi connectivity index (χ0n) is 14.0. The Hall–Kier alpha value is -2.01. The van der Waals surface area contributed by atoms with Crippen molar-refractivity contribution in [2.45, 2.75) is 38.3 Å². The SMILES string of the molecule is C=C1N(Cc2nc3ccccc3n2N)C2CCCCC2C12CNC2. The Kier molecular flexibility index (Phi) is 2.98. The monoisotopic (exact) mass is 323 g/mol. The lowest BCUT2D eigenvalue weighted by Gasteiger charge is -2.45. The molecule has 5 rings (SSSR count). The van der Waals surface area contributed by atoms with E-state index in [0.29, 0.717) is 6.04 Å². The quantitative estimate of drug-likeness (QED) is 0.832. The molecule has 3 heterocycles. The molecule has 2 aliphatic heterocycles. The van der Waals surface area contributed by atoms with Crippen LogP contribution in [0.4, 0.5) is 0 Å². The maximum absolute atomic E-state index is 6.33. The van der Waals surface area contributed by atoms with Crippen molar-refractivity contribution < 1.29 is 0 Å². The minimum absolute atomic E-state index is 0.288. The van der Waals surface area contributed by atoms with Gasteiger partial charge in [0, 0.05) is 30.2 Å². The van der Waals surface area contributed by atoms with Gasteiger partial charge in [0.1, 0.15) is 5.82 Å². The molecule has 1 aromatic heterocycles. The Bertz CT molecular complexity index is 803. The summed E-state index contributed by atoms with van der Waals surface area (Å²) >= 11 is 0. The molecule has 1 saturated carbocycles. The third-order valence-corrected chi connectivity index (χ3v) is 6.62. The predicted molar refractivity (Wildman–Crippen MR) is 95.6 cm³/mol. The van der Waals surface area contributed by atoms with Crippen LogP contribution in [0.3, 0.4) is 0 Å². The van der Waals surface area contributed by atoms with Gasteiger partial charge in [0.25, 0.3) is 0 Å². The Balaban J connectivity index is 1.51. The molecule has 0 amide bonds. The normalized spacial score (nSPS) is 28.3. The molecule has 1 aliphatic carbocycles. The van der Waals surface area contributed by atoms with Gasteiger partial charge in [-0.3, -0.25) is 0 Å². The maximum atomic E-state index is 6.33. The number of nitrogens with zero attached hydrogens (tertiary/aromatic N) is 3. The van der Waals surface area contributed by atoms with Gasteiger partial charge in [-0.25, -0.2) is 9.66 Å². The first-order chi connectivity index (χ1) is 11.7. The number of para-hydroxylation sites is 2. The standard InChI is InChI=1S/C19H25N5/c1-13-19(11-21-12-19)14-6-2-4-8-16(14)23(13)10-18-22-15-7-3-5-9-17(15)24(18)20/h3,5,7,9,14,16,21H,1-2,4,6,8,10-12,20H2. The van der Waals surface area contributed by atoms with Crippen molar-refractivity contribution in [3.63, 3.8) is 0 Å². The van der Waals surface area contributed by atoms with E-state index in [0.717, 1.165) is 42.4 Å². The Morgan fingerprint density at radius 1 is 1.25 bits per heavy atom. The van der Waals surface area contributed by atoms with Crippen molar-refractivity contribution in [2.75, 3.05) is 18.9 Å². The van der Waals surface area contributed by atoms with Crippen LogP contribution in [-0.2, 0) is 6.54 Å². The predicted octanol–water partition coefficient (Wildman–Crippen LogP) is 2.23. The molecular weight excluding hydrogens is 298 g/mol. The molecule has 5 nitrogen and oxygen atoms in total. The van der Waals surface area contributed by atoms with E-state index >= 15 is 0 Å². The van der Waals surface area contributed by atoms with Crippen LogP contribution in [-0.4, -0.2) is 33.7 Å². The lowest BCUT2D eigenvalue weighted by molar-refractivity contribution is 0.106. The fourth-order valence-corrected chi connectivity index (χ4v) is 5.26. The number of benzene rings is 1. The van der Waals surface area contributed by atoms with Crippen LogP contribution in [0, 0.1) is 11.3 Å². The molecule has 2 unspecified atom stereocenters. The summed E-state index contributed by atoms with van der Waals surface area (Å²) < 4.78 is 1.75. The van der Waals surface area contributed by atoms with Gasteiger partial charge >= 0.3 is 0 Å². The molecule has 2 atom stereocenters. The number of fused-ring (bicyclic) bond motifs is 3. The van der Waals surface area contributed by atoms with Crippen molar-refractivity contribution in [3.8, 4) is 0 Å². The molecule has 2 saturated heterocycles. The topological polar surface area (TPSA) is 59.1 Å². The van der Waals surface area contributed by atoms with Crippen molar-refractivity contribution in [3.05, 3.63) is 42.4 Å². The van der Waals surface area contributed by atoms with Crippen LogP contribution in [0.1, 0.15) is 31.5 Å². The summed E-state index contributed by atoms with van der Waals surface area (Å²) in [5, 5.41) is 3.49. The first-order valence-electron chi connectivity index (χ1n) is 9.09. The second-order valence-corrected chi connectivity index (χ2v) is 7.68. The molecule has 24 heavy (non-hydrogen) atoms. The number of nitrogens with one attached hydrogen (secondary N) is 1. The fourth-order valence-electron chi connectivity index (χ4n) is 5.26. The summed E-state index contributed by atoms with van der Waals surface area (Å²) in [6.45, 7) is 7.47. The minimum atomic E-state index is 0.288. The van der Waals surface area contributed by atoms with E-state index in [4.69, 9.17) is 10.8 Å². The van der Waals surface area contributed by atoms with Gasteiger partial charge in [-0.1, -0.05) is 31.6 Å². The van der Waals surface area contributed by atoms with Crippen LogP contribution in [0.2, 0.25) is 0 Å². The zero-order chi connectivity index (χ0) is 16.3. The summed E-state index contributed by atoms with van der Waals surface area (Å²) in [5.41, 5.74) is 3.57. The lowest BCUT2D eigenvalue weighted by Crippen LogP contribution is -2.57. The van der Waals surface area contributed by atoms with Crippen molar-refractivity contribution >= 4 is 11.0 Å². The van der Waals surface area contributed by atoms with Crippen LogP contribution in [0.5, 0.6) is 0 Å². The van der Waals surface area contributed by atoms with Crippen molar-refractivity contribution in [1.82, 2.24) is 19.9 Å². The zero-order valence-corrected chi connectivity index (χ0v) is 14.0. The minimum Gasteiger partial charge on any atom is -0.364 e. The molecule has 3 aliphatic rings. The van der Waals surface area contributed by atoms with Gasteiger partial charge in [-0.15, -0.1) is 0 Å². The van der Waals surface area contributed by atoms with Crippen LogP contribution in [0.25, 0.3) is 11.0 Å². The highest BCUT2D eigenvalue weighted by molar-refractivity contribution is 5.75. The number of rotatable bonds is 2. The van der Waals surface area contributed by atoms with E-state index in [1.165, 1.54) is 31.4 Å². The number of aromatic nitrogens is 2. The second kappa shape index (κ2) is 4.99. The highest BCUT2D eigenvalue weighted by Gasteiger charge is 2.58. The van der Waals surface area contributed by atoms with E-state index in [-0.39, 0.29) is 5.41 Å². The molecule has 5 heteroatoms. The van der Waals surface area contributed by atoms with Crippen molar-refractivity contribution in [2.24, 2.45) is 11.3 Å². The van der Waals surface area contributed by atoms with Gasteiger partial charge < -0.3 is 16.1 Å². The fraction of sp³-hybridized carbons (Fsp3) is 0.526. The number of likely N-dealkylation sites (tertiary alicyclic amines) is 1. The van der Waals surface area contributed by atoms with E-state index in [1.54, 1.807) is 4.68 Å². The van der Waals surface area contributed by atoms with Crippen LogP contribution < -0.4 is 11.2 Å². The smallest absolute Gasteiger partial charge is 0.147 e. The Morgan fingerprint density at radius 3 is 2.79 bits per heavy atom. The van der Waals surface area contributed by atoms with E-state index < -0.39 is 0 Å². The number of hydrogen-bond acceptors (Lipinski definition) is 4. The molecular formula is C19H25N5. The third kappa shape index (κ3) is 1.76. The third-order valence-electron chi connectivity index (χ3n) is 6.62. The molecule has 126 valence electrons. The van der Waals surface area contributed by atoms with Crippen LogP contribution >= 0.6 is 0 Å². The number of nitrogens with two attached hydrogens (primary N) is 1. The number of hydrogen-bond donors (Lipinski definition) is 2. The number of nitrogen functional groups attached to an aromatic ring is 1.